The maximum absolute atomic E-state index is 12.2. The molecular weight excluding hydrogens is 256 g/mol. The van der Waals surface area contributed by atoms with Gasteiger partial charge in [-0.2, -0.15) is 5.26 Å². The fourth-order valence-corrected chi connectivity index (χ4v) is 2.29. The van der Waals surface area contributed by atoms with Gasteiger partial charge < -0.3 is 9.80 Å². The van der Waals surface area contributed by atoms with Gasteiger partial charge in [-0.05, 0) is 13.8 Å². The Morgan fingerprint density at radius 1 is 1.30 bits per heavy atom. The van der Waals surface area contributed by atoms with Crippen molar-refractivity contribution in [2.24, 2.45) is 5.92 Å². The van der Waals surface area contributed by atoms with Crippen LogP contribution in [-0.2, 0) is 9.59 Å². The molecule has 6 nitrogen and oxygen atoms in total. The summed E-state index contributed by atoms with van der Waals surface area (Å²) in [5.41, 5.74) is 0. The zero-order chi connectivity index (χ0) is 15.1. The Balaban J connectivity index is 2.42. The molecule has 0 aromatic rings. The number of carbonyl (C=O) groups is 2. The van der Waals surface area contributed by atoms with E-state index in [1.165, 1.54) is 0 Å². The Labute approximate surface area is 120 Å². The van der Waals surface area contributed by atoms with Crippen LogP contribution in [-0.4, -0.2) is 72.3 Å². The molecule has 1 unspecified atom stereocenters. The van der Waals surface area contributed by atoms with Crippen molar-refractivity contribution < 1.29 is 9.59 Å². The van der Waals surface area contributed by atoms with Gasteiger partial charge >= 0.3 is 0 Å². The van der Waals surface area contributed by atoms with Crippen molar-refractivity contribution >= 4 is 11.8 Å². The summed E-state index contributed by atoms with van der Waals surface area (Å²) in [5, 5.41) is 8.83. The summed E-state index contributed by atoms with van der Waals surface area (Å²) in [6.45, 7) is 9.63. The first-order valence-electron chi connectivity index (χ1n) is 7.13. The Bertz CT molecular complexity index is 383. The number of nitriles is 1. The lowest BCUT2D eigenvalue weighted by Gasteiger charge is -2.35. The second kappa shape index (κ2) is 7.85. The molecule has 1 aliphatic heterocycles. The van der Waals surface area contributed by atoms with Gasteiger partial charge in [-0.3, -0.25) is 14.5 Å². The monoisotopic (exact) mass is 280 g/mol. The smallest absolute Gasteiger partial charge is 0.236 e. The molecule has 0 aliphatic carbocycles. The quantitative estimate of drug-likeness (QED) is 0.719. The van der Waals surface area contributed by atoms with Crippen molar-refractivity contribution in [3.8, 4) is 6.07 Å². The minimum absolute atomic E-state index is 0.0610. The number of hydrogen-bond donors (Lipinski definition) is 0. The number of nitrogens with zero attached hydrogens (tertiary/aromatic N) is 4. The normalized spacial score (nSPS) is 17.4. The van der Waals surface area contributed by atoms with Crippen molar-refractivity contribution in [2.45, 2.75) is 20.8 Å². The average molecular weight is 280 g/mol. The molecule has 1 fully saturated rings. The highest BCUT2D eigenvalue weighted by molar-refractivity contribution is 5.78. The van der Waals surface area contributed by atoms with Gasteiger partial charge in [0.1, 0.15) is 0 Å². The summed E-state index contributed by atoms with van der Waals surface area (Å²) in [5.74, 6) is 0.00772. The molecule has 1 saturated heterocycles. The predicted octanol–water partition coefficient (Wildman–Crippen LogP) is 0.159. The third-order valence-corrected chi connectivity index (χ3v) is 3.63. The molecule has 0 bridgehead atoms. The van der Waals surface area contributed by atoms with Crippen molar-refractivity contribution in [1.82, 2.24) is 14.7 Å². The molecule has 6 heteroatoms. The van der Waals surface area contributed by atoms with Gasteiger partial charge in [0.2, 0.25) is 11.8 Å². The lowest BCUT2D eigenvalue weighted by molar-refractivity contribution is -0.134. The molecule has 1 atom stereocenters. The van der Waals surface area contributed by atoms with Crippen LogP contribution in [0.1, 0.15) is 20.8 Å². The highest BCUT2D eigenvalue weighted by atomic mass is 16.2. The first-order chi connectivity index (χ1) is 9.47. The Morgan fingerprint density at radius 3 is 2.35 bits per heavy atom. The van der Waals surface area contributed by atoms with Crippen LogP contribution in [0.5, 0.6) is 0 Å². The second-order valence-electron chi connectivity index (χ2n) is 5.24. The Morgan fingerprint density at radius 2 is 1.90 bits per heavy atom. The number of rotatable bonds is 5. The largest absolute Gasteiger partial charge is 0.341 e. The molecular formula is C14H24N4O2. The van der Waals surface area contributed by atoms with E-state index in [-0.39, 0.29) is 17.7 Å². The molecule has 0 radical (unpaired) electrons. The molecule has 20 heavy (non-hydrogen) atoms. The lowest BCUT2D eigenvalue weighted by atomic mass is 10.2. The zero-order valence-corrected chi connectivity index (χ0v) is 12.6. The number of amides is 2. The summed E-state index contributed by atoms with van der Waals surface area (Å²) in [7, 11) is 0. The standard InChI is InChI=1S/C14H24N4O2/c1-4-17(10-12(2)9-15)14(20)11-16-5-7-18(8-6-16)13(3)19/h12H,4-8,10-11H2,1-3H3. The topological polar surface area (TPSA) is 67.7 Å². The minimum atomic E-state index is -0.145. The molecule has 0 saturated carbocycles. The SMILES string of the molecule is CCN(CC(C)C#N)C(=O)CN1CCN(C(C)=O)CC1. The van der Waals surface area contributed by atoms with E-state index in [0.717, 1.165) is 13.1 Å². The molecule has 1 rings (SSSR count). The van der Waals surface area contributed by atoms with E-state index in [1.54, 1.807) is 16.7 Å². The highest BCUT2D eigenvalue weighted by Crippen LogP contribution is 2.05. The second-order valence-corrected chi connectivity index (χ2v) is 5.24. The van der Waals surface area contributed by atoms with Crippen molar-refractivity contribution in [3.05, 3.63) is 0 Å². The maximum atomic E-state index is 12.2. The maximum Gasteiger partial charge on any atom is 0.236 e. The fraction of sp³-hybridized carbons (Fsp3) is 0.786. The highest BCUT2D eigenvalue weighted by Gasteiger charge is 2.22. The van der Waals surface area contributed by atoms with Gasteiger partial charge in [0.15, 0.2) is 0 Å². The zero-order valence-electron chi connectivity index (χ0n) is 12.6. The van der Waals surface area contributed by atoms with Crippen molar-refractivity contribution in [2.75, 3.05) is 45.8 Å². The van der Waals surface area contributed by atoms with Crippen LogP contribution in [0.15, 0.2) is 0 Å². The molecule has 2 amide bonds. The number of hydrogen-bond acceptors (Lipinski definition) is 4. The van der Waals surface area contributed by atoms with Crippen LogP contribution < -0.4 is 0 Å². The summed E-state index contributed by atoms with van der Waals surface area (Å²) in [6.07, 6.45) is 0. The van der Waals surface area contributed by atoms with Gasteiger partial charge in [0.05, 0.1) is 18.5 Å². The van der Waals surface area contributed by atoms with Crippen LogP contribution in [0.3, 0.4) is 0 Å². The van der Waals surface area contributed by atoms with E-state index < -0.39 is 0 Å². The van der Waals surface area contributed by atoms with Crippen LogP contribution in [0.25, 0.3) is 0 Å². The molecule has 112 valence electrons. The van der Waals surface area contributed by atoms with Gasteiger partial charge in [0.25, 0.3) is 0 Å². The minimum Gasteiger partial charge on any atom is -0.341 e. The van der Waals surface area contributed by atoms with Gasteiger partial charge in [0, 0.05) is 46.2 Å². The third-order valence-electron chi connectivity index (χ3n) is 3.63. The first kappa shape index (κ1) is 16.4. The molecule has 0 aromatic carbocycles. The molecule has 1 aliphatic rings. The Kier molecular flexibility index (Phi) is 6.46. The van der Waals surface area contributed by atoms with E-state index in [0.29, 0.717) is 32.7 Å². The molecule has 0 aromatic heterocycles. The van der Waals surface area contributed by atoms with Crippen LogP contribution in [0.4, 0.5) is 0 Å². The van der Waals surface area contributed by atoms with Gasteiger partial charge in [-0.25, -0.2) is 0 Å². The van der Waals surface area contributed by atoms with E-state index in [1.807, 2.05) is 13.8 Å². The average Bonchev–Trinajstić information content (AvgIpc) is 2.44. The van der Waals surface area contributed by atoms with E-state index in [2.05, 4.69) is 11.0 Å². The van der Waals surface area contributed by atoms with E-state index in [9.17, 15) is 9.59 Å². The number of piperazine rings is 1. The first-order valence-corrected chi connectivity index (χ1v) is 7.13. The van der Waals surface area contributed by atoms with Gasteiger partial charge in [-0.1, -0.05) is 0 Å². The van der Waals surface area contributed by atoms with E-state index >= 15 is 0 Å². The lowest BCUT2D eigenvalue weighted by Crippen LogP contribution is -2.51. The number of carbonyl (C=O) groups excluding carboxylic acids is 2. The summed E-state index contributed by atoms with van der Waals surface area (Å²) in [6, 6.07) is 2.15. The third kappa shape index (κ3) is 4.82. The summed E-state index contributed by atoms with van der Waals surface area (Å²) in [4.78, 5) is 29.0. The van der Waals surface area contributed by atoms with Gasteiger partial charge in [-0.15, -0.1) is 0 Å². The molecule has 1 heterocycles. The van der Waals surface area contributed by atoms with Crippen molar-refractivity contribution in [1.29, 1.82) is 5.26 Å². The fourth-order valence-electron chi connectivity index (χ4n) is 2.29. The van der Waals surface area contributed by atoms with E-state index in [4.69, 9.17) is 5.26 Å². The van der Waals surface area contributed by atoms with Crippen LogP contribution in [0, 0.1) is 17.2 Å². The summed E-state index contributed by atoms with van der Waals surface area (Å²) >= 11 is 0. The predicted molar refractivity (Wildman–Crippen MR) is 75.7 cm³/mol. The van der Waals surface area contributed by atoms with Crippen LogP contribution >= 0.6 is 0 Å². The summed E-state index contributed by atoms with van der Waals surface area (Å²) < 4.78 is 0. The van der Waals surface area contributed by atoms with Crippen molar-refractivity contribution in [3.63, 3.8) is 0 Å². The molecule has 0 spiro atoms. The molecule has 0 N–H and O–H groups in total. The van der Waals surface area contributed by atoms with Crippen LogP contribution in [0.2, 0.25) is 0 Å². The number of likely N-dealkylation sites (N-methyl/N-ethyl adjacent to an activating group) is 1. The Hall–Kier alpha value is -1.61.